The molecule has 0 amide bonds. The third-order valence-electron chi connectivity index (χ3n) is 2.70. The van der Waals surface area contributed by atoms with Gasteiger partial charge in [-0.1, -0.05) is 30.3 Å². The van der Waals surface area contributed by atoms with Gasteiger partial charge >= 0.3 is 0 Å². The largest absolute Gasteiger partial charge is 0.244 e. The third kappa shape index (κ3) is 3.23. The van der Waals surface area contributed by atoms with Crippen LogP contribution in [-0.2, 0) is 10.0 Å². The van der Waals surface area contributed by atoms with Crippen molar-refractivity contribution >= 4 is 10.0 Å². The van der Waals surface area contributed by atoms with E-state index in [4.69, 9.17) is 10.5 Å². The van der Waals surface area contributed by atoms with E-state index in [-0.39, 0.29) is 10.6 Å². The maximum Gasteiger partial charge on any atom is 0.244 e. The zero-order chi connectivity index (χ0) is 15.3. The first kappa shape index (κ1) is 14.7. The van der Waals surface area contributed by atoms with Crippen LogP contribution >= 0.6 is 0 Å². The average Bonchev–Trinajstić information content (AvgIpc) is 2.53. The van der Waals surface area contributed by atoms with E-state index in [0.29, 0.717) is 5.56 Å². The highest BCUT2D eigenvalue weighted by molar-refractivity contribution is 7.89. The fraction of sp³-hybridized carbons (Fsp3) is 0.0714. The van der Waals surface area contributed by atoms with Crippen LogP contribution in [-0.4, -0.2) is 13.4 Å². The number of nitriles is 2. The van der Waals surface area contributed by atoms with Crippen LogP contribution in [0.3, 0.4) is 0 Å². The summed E-state index contributed by atoms with van der Waals surface area (Å²) in [5.74, 6) is 0. The summed E-state index contributed by atoms with van der Waals surface area (Å²) >= 11 is 0. The van der Waals surface area contributed by atoms with Crippen LogP contribution in [0.25, 0.3) is 0 Å². The van der Waals surface area contributed by atoms with Crippen molar-refractivity contribution in [1.82, 2.24) is 9.71 Å². The molecule has 1 atom stereocenters. The van der Waals surface area contributed by atoms with Gasteiger partial charge < -0.3 is 0 Å². The lowest BCUT2D eigenvalue weighted by Gasteiger charge is -2.12. The van der Waals surface area contributed by atoms with Crippen molar-refractivity contribution in [2.45, 2.75) is 10.9 Å². The van der Waals surface area contributed by atoms with Gasteiger partial charge in [0.1, 0.15) is 17.0 Å². The topological polar surface area (TPSA) is 107 Å². The molecule has 2 rings (SSSR count). The van der Waals surface area contributed by atoms with Gasteiger partial charge in [0.15, 0.2) is 5.69 Å². The van der Waals surface area contributed by atoms with E-state index < -0.39 is 16.1 Å². The van der Waals surface area contributed by atoms with Crippen molar-refractivity contribution < 1.29 is 8.42 Å². The van der Waals surface area contributed by atoms with Crippen molar-refractivity contribution in [2.24, 2.45) is 0 Å². The van der Waals surface area contributed by atoms with Crippen molar-refractivity contribution in [2.75, 3.05) is 0 Å². The van der Waals surface area contributed by atoms with Crippen LogP contribution in [0.1, 0.15) is 17.3 Å². The van der Waals surface area contributed by atoms with Gasteiger partial charge in [-0.25, -0.2) is 13.4 Å². The van der Waals surface area contributed by atoms with Gasteiger partial charge in [0.2, 0.25) is 10.0 Å². The summed E-state index contributed by atoms with van der Waals surface area (Å²) in [6, 6.07) is 13.7. The van der Waals surface area contributed by atoms with Crippen LogP contribution in [0.4, 0.5) is 0 Å². The van der Waals surface area contributed by atoms with E-state index >= 15 is 0 Å². The SMILES string of the molecule is N#Cc1ncccc1S(=O)(=O)NC(C#N)c1ccccc1. The third-order valence-corrected chi connectivity index (χ3v) is 4.16. The van der Waals surface area contributed by atoms with Crippen LogP contribution in [0, 0.1) is 22.7 Å². The number of aromatic nitrogens is 1. The standard InChI is InChI=1S/C14H10N4O2S/c15-9-12(11-5-2-1-3-6-11)18-21(19,20)14-7-4-8-17-13(14)10-16/h1-8,12,18H. The molecule has 1 aromatic heterocycles. The van der Waals surface area contributed by atoms with Gasteiger partial charge in [-0.2, -0.15) is 15.2 Å². The Kier molecular flexibility index (Phi) is 4.29. The fourth-order valence-electron chi connectivity index (χ4n) is 1.72. The van der Waals surface area contributed by atoms with E-state index in [1.54, 1.807) is 36.4 Å². The number of rotatable bonds is 4. The summed E-state index contributed by atoms with van der Waals surface area (Å²) in [7, 11) is -4.02. The summed E-state index contributed by atoms with van der Waals surface area (Å²) in [4.78, 5) is 3.46. The van der Waals surface area contributed by atoms with Gasteiger partial charge in [0.25, 0.3) is 0 Å². The zero-order valence-electron chi connectivity index (χ0n) is 10.8. The molecule has 1 heterocycles. The Morgan fingerprint density at radius 2 is 1.81 bits per heavy atom. The first-order valence-electron chi connectivity index (χ1n) is 5.90. The minimum Gasteiger partial charge on any atom is -0.244 e. The van der Waals surface area contributed by atoms with Crippen LogP contribution in [0.2, 0.25) is 0 Å². The smallest absolute Gasteiger partial charge is 0.244 e. The van der Waals surface area contributed by atoms with Crippen LogP contribution in [0.15, 0.2) is 53.6 Å². The van der Waals surface area contributed by atoms with Crippen LogP contribution in [0.5, 0.6) is 0 Å². The Bertz CT molecular complexity index is 820. The predicted octanol–water partition coefficient (Wildman–Crippen LogP) is 1.50. The Labute approximate surface area is 122 Å². The maximum atomic E-state index is 12.3. The highest BCUT2D eigenvalue weighted by atomic mass is 32.2. The molecule has 0 aliphatic heterocycles. The number of hydrogen-bond donors (Lipinski definition) is 1. The molecule has 1 aromatic carbocycles. The van der Waals surface area contributed by atoms with Gasteiger partial charge in [-0.05, 0) is 17.7 Å². The fourth-order valence-corrected chi connectivity index (χ4v) is 2.96. The molecular weight excluding hydrogens is 288 g/mol. The molecule has 0 fully saturated rings. The van der Waals surface area contributed by atoms with E-state index in [1.807, 2.05) is 6.07 Å². The Morgan fingerprint density at radius 1 is 1.10 bits per heavy atom. The molecule has 1 unspecified atom stereocenters. The molecular formula is C14H10N4O2S. The van der Waals surface area contributed by atoms with Crippen molar-refractivity contribution in [3.8, 4) is 12.1 Å². The summed E-state index contributed by atoms with van der Waals surface area (Å²) in [5, 5.41) is 18.1. The lowest BCUT2D eigenvalue weighted by atomic mass is 10.1. The van der Waals surface area contributed by atoms with Gasteiger partial charge in [0, 0.05) is 6.20 Å². The molecule has 0 aliphatic carbocycles. The quantitative estimate of drug-likeness (QED) is 0.920. The number of nitrogens with zero attached hydrogens (tertiary/aromatic N) is 3. The molecule has 0 aliphatic rings. The van der Waals surface area contributed by atoms with Crippen LogP contribution < -0.4 is 4.72 Å². The molecule has 6 nitrogen and oxygen atoms in total. The zero-order valence-corrected chi connectivity index (χ0v) is 11.6. The molecule has 0 saturated heterocycles. The number of nitrogens with one attached hydrogen (secondary N) is 1. The van der Waals surface area contributed by atoms with Gasteiger partial charge in [-0.15, -0.1) is 0 Å². The highest BCUT2D eigenvalue weighted by Crippen LogP contribution is 2.18. The summed E-state index contributed by atoms with van der Waals surface area (Å²) in [6.45, 7) is 0. The molecule has 0 bridgehead atoms. The first-order valence-corrected chi connectivity index (χ1v) is 7.39. The molecule has 0 radical (unpaired) electrons. The van der Waals surface area contributed by atoms with E-state index in [9.17, 15) is 8.42 Å². The van der Waals surface area contributed by atoms with E-state index in [0.717, 1.165) is 0 Å². The Morgan fingerprint density at radius 3 is 2.43 bits per heavy atom. The molecule has 7 heteroatoms. The Hall–Kier alpha value is -2.74. The second-order valence-corrected chi connectivity index (χ2v) is 5.74. The lowest BCUT2D eigenvalue weighted by molar-refractivity contribution is 0.574. The highest BCUT2D eigenvalue weighted by Gasteiger charge is 2.24. The normalized spacial score (nSPS) is 12.1. The second kappa shape index (κ2) is 6.14. The number of pyridine rings is 1. The number of hydrogen-bond acceptors (Lipinski definition) is 5. The maximum absolute atomic E-state index is 12.3. The minimum absolute atomic E-state index is 0.213. The second-order valence-electron chi connectivity index (χ2n) is 4.06. The molecule has 21 heavy (non-hydrogen) atoms. The Balaban J connectivity index is 2.38. The monoisotopic (exact) mass is 298 g/mol. The summed E-state index contributed by atoms with van der Waals surface area (Å²) in [6.07, 6.45) is 1.33. The minimum atomic E-state index is -4.02. The van der Waals surface area contributed by atoms with Crippen molar-refractivity contribution in [3.63, 3.8) is 0 Å². The predicted molar refractivity (Wildman–Crippen MR) is 74.1 cm³/mol. The first-order chi connectivity index (χ1) is 10.1. The molecule has 1 N–H and O–H groups in total. The molecule has 0 spiro atoms. The lowest BCUT2D eigenvalue weighted by Crippen LogP contribution is -2.28. The van der Waals surface area contributed by atoms with Crippen molar-refractivity contribution in [1.29, 1.82) is 10.5 Å². The van der Waals surface area contributed by atoms with E-state index in [2.05, 4.69) is 9.71 Å². The van der Waals surface area contributed by atoms with E-state index in [1.165, 1.54) is 18.3 Å². The summed E-state index contributed by atoms with van der Waals surface area (Å²) < 4.78 is 26.9. The molecule has 104 valence electrons. The molecule has 2 aromatic rings. The molecule has 0 saturated carbocycles. The van der Waals surface area contributed by atoms with Gasteiger partial charge in [-0.3, -0.25) is 0 Å². The number of sulfonamides is 1. The summed E-state index contributed by atoms with van der Waals surface area (Å²) in [5.41, 5.74) is 0.306. The average molecular weight is 298 g/mol. The number of benzene rings is 1. The van der Waals surface area contributed by atoms with Gasteiger partial charge in [0.05, 0.1) is 6.07 Å². The van der Waals surface area contributed by atoms with Crippen molar-refractivity contribution in [3.05, 3.63) is 59.9 Å².